The Kier molecular flexibility index (Phi) is 4.33. The molecule has 1 atom stereocenters. The molecule has 0 unspecified atom stereocenters. The predicted octanol–water partition coefficient (Wildman–Crippen LogP) is 0.583. The highest BCUT2D eigenvalue weighted by Gasteiger charge is 2.29. The number of ether oxygens (including phenoxy) is 1. The van der Waals surface area contributed by atoms with E-state index in [0.717, 1.165) is 5.69 Å². The highest BCUT2D eigenvalue weighted by Crippen LogP contribution is 2.16. The third-order valence-corrected chi connectivity index (χ3v) is 3.73. The van der Waals surface area contributed by atoms with Gasteiger partial charge in [0.15, 0.2) is 0 Å². The van der Waals surface area contributed by atoms with Crippen molar-refractivity contribution < 1.29 is 19.4 Å². The van der Waals surface area contributed by atoms with Crippen molar-refractivity contribution in [2.24, 2.45) is 0 Å². The molecule has 8 nitrogen and oxygen atoms in total. The predicted molar refractivity (Wildman–Crippen MR) is 79.3 cm³/mol. The Hall–Kier alpha value is -2.74. The third kappa shape index (κ3) is 3.37. The van der Waals surface area contributed by atoms with Crippen molar-refractivity contribution in [3.63, 3.8) is 0 Å². The van der Waals surface area contributed by atoms with Crippen LogP contribution < -0.4 is 0 Å². The molecule has 0 bridgehead atoms. The second-order valence-corrected chi connectivity index (χ2v) is 5.24. The van der Waals surface area contributed by atoms with Crippen molar-refractivity contribution in [3.05, 3.63) is 42.5 Å². The lowest BCUT2D eigenvalue weighted by atomic mass is 10.1. The van der Waals surface area contributed by atoms with Crippen LogP contribution in [0.1, 0.15) is 16.8 Å². The third-order valence-electron chi connectivity index (χ3n) is 3.73. The molecule has 2 aromatic rings. The van der Waals surface area contributed by atoms with Gasteiger partial charge in [-0.3, -0.25) is 14.2 Å². The van der Waals surface area contributed by atoms with Crippen LogP contribution in [0.5, 0.6) is 0 Å². The van der Waals surface area contributed by atoms with Crippen molar-refractivity contribution in [2.75, 3.05) is 19.8 Å². The number of hydrogen-bond donors (Lipinski definition) is 1. The summed E-state index contributed by atoms with van der Waals surface area (Å²) in [4.78, 5) is 25.2. The van der Waals surface area contributed by atoms with Crippen molar-refractivity contribution in [1.29, 1.82) is 0 Å². The van der Waals surface area contributed by atoms with Crippen molar-refractivity contribution in [3.8, 4) is 5.69 Å². The largest absolute Gasteiger partial charge is 0.481 e. The number of carboxylic acids is 1. The average Bonchev–Trinajstić information content (AvgIpc) is 3.09. The zero-order chi connectivity index (χ0) is 16.2. The molecule has 8 heteroatoms. The standard InChI is InChI=1S/C15H16N4O4/c20-14(21)7-13-8-23-6-5-19(13)15(22)11-1-3-12(4-2-11)18-9-16-17-10-18/h1-4,9-10,13H,5-8H2,(H,20,21)/t13-/m0/s1. The van der Waals surface area contributed by atoms with Crippen LogP contribution >= 0.6 is 0 Å². The summed E-state index contributed by atoms with van der Waals surface area (Å²) in [6.07, 6.45) is 3.02. The van der Waals surface area contributed by atoms with Crippen LogP contribution in [0.2, 0.25) is 0 Å². The Balaban J connectivity index is 1.77. The monoisotopic (exact) mass is 316 g/mol. The van der Waals surface area contributed by atoms with Gasteiger partial charge >= 0.3 is 5.97 Å². The molecular formula is C15H16N4O4. The lowest BCUT2D eigenvalue weighted by Gasteiger charge is -2.34. The number of benzene rings is 1. The smallest absolute Gasteiger partial charge is 0.305 e. The molecule has 2 heterocycles. The van der Waals surface area contributed by atoms with Crippen LogP contribution in [0.15, 0.2) is 36.9 Å². The van der Waals surface area contributed by atoms with E-state index in [0.29, 0.717) is 18.7 Å². The molecular weight excluding hydrogens is 300 g/mol. The van der Waals surface area contributed by atoms with Gasteiger partial charge in [-0.15, -0.1) is 10.2 Å². The molecule has 1 fully saturated rings. The van der Waals surface area contributed by atoms with Crippen LogP contribution in [-0.2, 0) is 9.53 Å². The van der Waals surface area contributed by atoms with Gasteiger partial charge in [-0.2, -0.15) is 0 Å². The van der Waals surface area contributed by atoms with Gasteiger partial charge in [-0.05, 0) is 24.3 Å². The summed E-state index contributed by atoms with van der Waals surface area (Å²) in [5.74, 6) is -1.13. The van der Waals surface area contributed by atoms with Gasteiger partial charge in [0.05, 0.1) is 25.7 Å². The first kappa shape index (κ1) is 15.2. The summed E-state index contributed by atoms with van der Waals surface area (Å²) >= 11 is 0. The first-order valence-corrected chi connectivity index (χ1v) is 7.21. The fourth-order valence-electron chi connectivity index (χ4n) is 2.57. The zero-order valence-corrected chi connectivity index (χ0v) is 12.3. The molecule has 1 amide bonds. The highest BCUT2D eigenvalue weighted by atomic mass is 16.5. The summed E-state index contributed by atoms with van der Waals surface area (Å²) in [5, 5.41) is 16.4. The molecule has 1 aliphatic rings. The number of carbonyl (C=O) groups excluding carboxylic acids is 1. The molecule has 120 valence electrons. The Labute approximate surface area is 132 Å². The summed E-state index contributed by atoms with van der Waals surface area (Å²) in [5.41, 5.74) is 1.36. The van der Waals surface area contributed by atoms with Gasteiger partial charge in [0.25, 0.3) is 5.91 Å². The molecule has 23 heavy (non-hydrogen) atoms. The van der Waals surface area contributed by atoms with Crippen LogP contribution in [-0.4, -0.2) is 62.4 Å². The molecule has 0 radical (unpaired) electrons. The van der Waals surface area contributed by atoms with E-state index in [1.165, 1.54) is 0 Å². The Bertz CT molecular complexity index is 684. The molecule has 0 saturated carbocycles. The van der Waals surface area contributed by atoms with Gasteiger partial charge < -0.3 is 14.7 Å². The van der Waals surface area contributed by atoms with E-state index in [2.05, 4.69) is 10.2 Å². The van der Waals surface area contributed by atoms with Gasteiger partial charge in [-0.25, -0.2) is 0 Å². The van der Waals surface area contributed by atoms with E-state index >= 15 is 0 Å². The molecule has 1 aromatic carbocycles. The van der Waals surface area contributed by atoms with Crippen LogP contribution in [0, 0.1) is 0 Å². The van der Waals surface area contributed by atoms with Crippen molar-refractivity contribution in [1.82, 2.24) is 19.7 Å². The topological polar surface area (TPSA) is 97.6 Å². The molecule has 0 aliphatic carbocycles. The second-order valence-electron chi connectivity index (χ2n) is 5.24. The fraction of sp³-hybridized carbons (Fsp3) is 0.333. The molecule has 0 spiro atoms. The van der Waals surface area contributed by atoms with Gasteiger partial charge in [0.1, 0.15) is 12.7 Å². The van der Waals surface area contributed by atoms with Crippen molar-refractivity contribution in [2.45, 2.75) is 12.5 Å². The van der Waals surface area contributed by atoms with Crippen LogP contribution in [0.25, 0.3) is 5.69 Å². The molecule has 1 saturated heterocycles. The maximum Gasteiger partial charge on any atom is 0.305 e. The minimum absolute atomic E-state index is 0.121. The van der Waals surface area contributed by atoms with Gasteiger partial charge in [0.2, 0.25) is 0 Å². The molecule has 1 N–H and O–H groups in total. The number of aromatic nitrogens is 3. The number of carboxylic acid groups (broad SMARTS) is 1. The van der Waals surface area contributed by atoms with Crippen LogP contribution in [0.4, 0.5) is 0 Å². The zero-order valence-electron chi connectivity index (χ0n) is 12.3. The van der Waals surface area contributed by atoms with Gasteiger partial charge in [0, 0.05) is 17.8 Å². The van der Waals surface area contributed by atoms with Crippen LogP contribution in [0.3, 0.4) is 0 Å². The molecule has 1 aromatic heterocycles. The average molecular weight is 316 g/mol. The lowest BCUT2D eigenvalue weighted by Crippen LogP contribution is -2.49. The normalized spacial score (nSPS) is 17.9. The Morgan fingerprint density at radius 1 is 1.22 bits per heavy atom. The van der Waals surface area contributed by atoms with Gasteiger partial charge in [-0.1, -0.05) is 0 Å². The number of carbonyl (C=O) groups is 2. The minimum atomic E-state index is -0.943. The number of hydrogen-bond acceptors (Lipinski definition) is 5. The van der Waals surface area contributed by atoms with E-state index in [1.807, 2.05) is 0 Å². The Morgan fingerprint density at radius 2 is 1.91 bits per heavy atom. The number of aliphatic carboxylic acids is 1. The Morgan fingerprint density at radius 3 is 2.57 bits per heavy atom. The SMILES string of the molecule is O=C(O)C[C@H]1COCCN1C(=O)c1ccc(-n2cnnc2)cc1. The lowest BCUT2D eigenvalue weighted by molar-refractivity contribution is -0.139. The first-order valence-electron chi connectivity index (χ1n) is 7.21. The summed E-state index contributed by atoms with van der Waals surface area (Å²) in [6, 6.07) is 6.58. The fourth-order valence-corrected chi connectivity index (χ4v) is 2.57. The summed E-state index contributed by atoms with van der Waals surface area (Å²) in [7, 11) is 0. The second kappa shape index (κ2) is 6.57. The summed E-state index contributed by atoms with van der Waals surface area (Å²) in [6.45, 7) is 1.06. The van der Waals surface area contributed by atoms with E-state index in [4.69, 9.17) is 9.84 Å². The number of nitrogens with zero attached hydrogens (tertiary/aromatic N) is 4. The first-order chi connectivity index (χ1) is 11.1. The maximum atomic E-state index is 12.6. The van der Waals surface area contributed by atoms with Crippen molar-refractivity contribution >= 4 is 11.9 Å². The number of rotatable bonds is 4. The number of amides is 1. The molecule has 1 aliphatic heterocycles. The minimum Gasteiger partial charge on any atom is -0.481 e. The maximum absolute atomic E-state index is 12.6. The molecule has 3 rings (SSSR count). The number of morpholine rings is 1. The van der Waals surface area contributed by atoms with E-state index in [1.54, 1.807) is 46.4 Å². The van der Waals surface area contributed by atoms with E-state index in [9.17, 15) is 9.59 Å². The summed E-state index contributed by atoms with van der Waals surface area (Å²) < 4.78 is 7.03. The highest BCUT2D eigenvalue weighted by molar-refractivity contribution is 5.95. The quantitative estimate of drug-likeness (QED) is 0.886. The van der Waals surface area contributed by atoms with E-state index in [-0.39, 0.29) is 18.9 Å². The van der Waals surface area contributed by atoms with E-state index < -0.39 is 12.0 Å².